The van der Waals surface area contributed by atoms with Gasteiger partial charge in [0.25, 0.3) is 0 Å². The number of carbonyl (C=O) groups excluding carboxylic acids is 1. The van der Waals surface area contributed by atoms with Gasteiger partial charge in [-0.1, -0.05) is 48.5 Å². The van der Waals surface area contributed by atoms with Gasteiger partial charge in [0, 0.05) is 11.3 Å². The van der Waals surface area contributed by atoms with Gasteiger partial charge in [-0.15, -0.1) is 10.2 Å². The maximum Gasteiger partial charge on any atom is 0.248 e. The third-order valence-corrected chi connectivity index (χ3v) is 4.16. The van der Waals surface area contributed by atoms with E-state index in [2.05, 4.69) is 20.7 Å². The predicted molar refractivity (Wildman–Crippen MR) is 109 cm³/mol. The lowest BCUT2D eigenvalue weighted by Gasteiger charge is -2.06. The summed E-state index contributed by atoms with van der Waals surface area (Å²) in [5.41, 5.74) is 2.63. The fraction of sp³-hybridized carbons (Fsp3) is 0.0909. The van der Waals surface area contributed by atoms with Crippen LogP contribution in [0.15, 0.2) is 84.9 Å². The molecule has 1 aromatic heterocycles. The van der Waals surface area contributed by atoms with Crippen molar-refractivity contribution in [2.45, 2.75) is 13.2 Å². The van der Waals surface area contributed by atoms with Crippen LogP contribution in [-0.4, -0.2) is 26.1 Å². The molecule has 0 saturated carbocycles. The van der Waals surface area contributed by atoms with Crippen LogP contribution in [-0.2, 0) is 17.9 Å². The second-order valence-electron chi connectivity index (χ2n) is 6.36. The minimum atomic E-state index is -0.218. The largest absolute Gasteiger partial charge is 0.489 e. The van der Waals surface area contributed by atoms with Gasteiger partial charge in [-0.2, -0.15) is 4.80 Å². The minimum Gasteiger partial charge on any atom is -0.489 e. The Morgan fingerprint density at radius 1 is 0.897 bits per heavy atom. The topological polar surface area (TPSA) is 81.9 Å². The van der Waals surface area contributed by atoms with Crippen LogP contribution in [0, 0.1) is 0 Å². The number of ether oxygens (including phenoxy) is 1. The number of amides is 1. The number of benzene rings is 3. The third-order valence-electron chi connectivity index (χ3n) is 4.16. The zero-order valence-corrected chi connectivity index (χ0v) is 15.6. The van der Waals surface area contributed by atoms with E-state index in [9.17, 15) is 4.79 Å². The van der Waals surface area contributed by atoms with E-state index >= 15 is 0 Å². The lowest BCUT2D eigenvalue weighted by molar-refractivity contribution is -0.117. The molecule has 4 aromatic rings. The van der Waals surface area contributed by atoms with E-state index in [-0.39, 0.29) is 12.5 Å². The van der Waals surface area contributed by atoms with Gasteiger partial charge in [0.1, 0.15) is 18.9 Å². The molecular weight excluding hydrogens is 366 g/mol. The van der Waals surface area contributed by atoms with E-state index in [1.54, 1.807) is 0 Å². The second kappa shape index (κ2) is 8.79. The molecule has 0 aliphatic carbocycles. The van der Waals surface area contributed by atoms with E-state index in [0.29, 0.717) is 12.4 Å². The molecule has 0 aliphatic rings. The van der Waals surface area contributed by atoms with Gasteiger partial charge in [0.05, 0.1) is 0 Å². The molecule has 144 valence electrons. The van der Waals surface area contributed by atoms with Crippen molar-refractivity contribution >= 4 is 11.6 Å². The fourth-order valence-electron chi connectivity index (χ4n) is 2.72. The number of aromatic nitrogens is 4. The standard InChI is InChI=1S/C22H19N5O2/c28-21(23-19-9-5-2-6-10-19)15-27-25-22(24-26-27)18-11-13-20(14-12-18)29-16-17-7-3-1-4-8-17/h1-14H,15-16H2,(H,23,28). The van der Waals surface area contributed by atoms with Crippen LogP contribution in [0.4, 0.5) is 5.69 Å². The number of hydrogen-bond acceptors (Lipinski definition) is 5. The van der Waals surface area contributed by atoms with Gasteiger partial charge in [-0.05, 0) is 47.2 Å². The smallest absolute Gasteiger partial charge is 0.248 e. The molecule has 1 N–H and O–H groups in total. The lowest BCUT2D eigenvalue weighted by Crippen LogP contribution is -2.20. The third kappa shape index (κ3) is 5.04. The highest BCUT2D eigenvalue weighted by Crippen LogP contribution is 2.19. The van der Waals surface area contributed by atoms with Gasteiger partial charge < -0.3 is 10.1 Å². The van der Waals surface area contributed by atoms with Crippen LogP contribution in [0.1, 0.15) is 5.56 Å². The molecule has 7 heteroatoms. The molecule has 0 spiro atoms. The van der Waals surface area contributed by atoms with Crippen molar-refractivity contribution in [1.82, 2.24) is 20.2 Å². The van der Waals surface area contributed by atoms with Crippen LogP contribution in [0.5, 0.6) is 5.75 Å². The molecule has 0 radical (unpaired) electrons. The van der Waals surface area contributed by atoms with Gasteiger partial charge in [-0.25, -0.2) is 0 Å². The maximum absolute atomic E-state index is 12.1. The van der Waals surface area contributed by atoms with Crippen molar-refractivity contribution in [3.63, 3.8) is 0 Å². The summed E-state index contributed by atoms with van der Waals surface area (Å²) < 4.78 is 5.78. The predicted octanol–water partition coefficient (Wildman–Crippen LogP) is 3.56. The molecule has 3 aromatic carbocycles. The summed E-state index contributed by atoms with van der Waals surface area (Å²) in [5.74, 6) is 0.990. The van der Waals surface area contributed by atoms with Crippen molar-refractivity contribution in [2.24, 2.45) is 0 Å². The van der Waals surface area contributed by atoms with E-state index in [1.807, 2.05) is 84.9 Å². The number of para-hydroxylation sites is 1. The Morgan fingerprint density at radius 2 is 1.59 bits per heavy atom. The molecule has 0 fully saturated rings. The highest BCUT2D eigenvalue weighted by molar-refractivity contribution is 5.90. The van der Waals surface area contributed by atoms with Crippen LogP contribution in [0.3, 0.4) is 0 Å². The summed E-state index contributed by atoms with van der Waals surface area (Å²) in [6.45, 7) is 0.491. The molecule has 4 rings (SSSR count). The van der Waals surface area contributed by atoms with Crippen molar-refractivity contribution in [1.29, 1.82) is 0 Å². The second-order valence-corrected chi connectivity index (χ2v) is 6.36. The van der Waals surface area contributed by atoms with E-state index in [0.717, 1.165) is 22.6 Å². The number of rotatable bonds is 7. The maximum atomic E-state index is 12.1. The summed E-state index contributed by atoms with van der Waals surface area (Å²) in [5, 5.41) is 15.1. The SMILES string of the molecule is O=C(Cn1nnc(-c2ccc(OCc3ccccc3)cc2)n1)Nc1ccccc1. The molecule has 0 aliphatic heterocycles. The average molecular weight is 385 g/mol. The normalized spacial score (nSPS) is 10.5. The highest BCUT2D eigenvalue weighted by Gasteiger charge is 2.10. The zero-order valence-electron chi connectivity index (χ0n) is 15.6. The molecule has 29 heavy (non-hydrogen) atoms. The van der Waals surface area contributed by atoms with Gasteiger partial charge >= 0.3 is 0 Å². The Morgan fingerprint density at radius 3 is 2.31 bits per heavy atom. The molecule has 1 amide bonds. The summed E-state index contributed by atoms with van der Waals surface area (Å²) >= 11 is 0. The molecular formula is C22H19N5O2. The Kier molecular flexibility index (Phi) is 5.57. The Balaban J connectivity index is 1.34. The number of nitrogens with zero attached hydrogens (tertiary/aromatic N) is 4. The first kappa shape index (κ1) is 18.4. The van der Waals surface area contributed by atoms with E-state index in [1.165, 1.54) is 4.80 Å². The number of hydrogen-bond donors (Lipinski definition) is 1. The molecule has 7 nitrogen and oxygen atoms in total. The summed E-state index contributed by atoms with van der Waals surface area (Å²) in [4.78, 5) is 13.4. The van der Waals surface area contributed by atoms with E-state index in [4.69, 9.17) is 4.74 Å². The first-order chi connectivity index (χ1) is 14.3. The van der Waals surface area contributed by atoms with Gasteiger partial charge in [0.2, 0.25) is 11.7 Å². The molecule has 0 atom stereocenters. The monoisotopic (exact) mass is 385 g/mol. The minimum absolute atomic E-state index is 0.0137. The van der Waals surface area contributed by atoms with E-state index < -0.39 is 0 Å². The number of carbonyl (C=O) groups is 1. The first-order valence-corrected chi connectivity index (χ1v) is 9.16. The lowest BCUT2D eigenvalue weighted by atomic mass is 10.2. The van der Waals surface area contributed by atoms with Crippen molar-refractivity contribution < 1.29 is 9.53 Å². The van der Waals surface area contributed by atoms with Crippen LogP contribution >= 0.6 is 0 Å². The van der Waals surface area contributed by atoms with Crippen LogP contribution < -0.4 is 10.1 Å². The fourth-order valence-corrected chi connectivity index (χ4v) is 2.72. The van der Waals surface area contributed by atoms with Crippen molar-refractivity contribution in [3.8, 4) is 17.1 Å². The summed E-state index contributed by atoms with van der Waals surface area (Å²) in [6.07, 6.45) is 0. The summed E-state index contributed by atoms with van der Waals surface area (Å²) in [6, 6.07) is 26.7. The van der Waals surface area contributed by atoms with Crippen molar-refractivity contribution in [3.05, 3.63) is 90.5 Å². The zero-order chi connectivity index (χ0) is 19.9. The Hall–Kier alpha value is -4.00. The summed E-state index contributed by atoms with van der Waals surface area (Å²) in [7, 11) is 0. The molecule has 0 bridgehead atoms. The highest BCUT2D eigenvalue weighted by atomic mass is 16.5. The first-order valence-electron chi connectivity index (χ1n) is 9.16. The van der Waals surface area contributed by atoms with Crippen LogP contribution in [0.25, 0.3) is 11.4 Å². The molecule has 1 heterocycles. The molecule has 0 saturated heterocycles. The number of tetrazole rings is 1. The average Bonchev–Trinajstić information content (AvgIpc) is 3.22. The van der Waals surface area contributed by atoms with Gasteiger partial charge in [-0.3, -0.25) is 4.79 Å². The van der Waals surface area contributed by atoms with Crippen LogP contribution in [0.2, 0.25) is 0 Å². The Labute approximate surface area is 168 Å². The number of nitrogens with one attached hydrogen (secondary N) is 1. The quantitative estimate of drug-likeness (QED) is 0.526. The Bertz CT molecular complexity index is 1060. The molecule has 0 unspecified atom stereocenters. The van der Waals surface area contributed by atoms with Crippen molar-refractivity contribution in [2.75, 3.05) is 5.32 Å². The number of anilines is 1. The van der Waals surface area contributed by atoms with Gasteiger partial charge in [0.15, 0.2) is 0 Å².